The number of anilines is 2. The molecule has 1 fully saturated rings. The van der Waals surface area contributed by atoms with Crippen molar-refractivity contribution in [2.24, 2.45) is 5.92 Å². The molecule has 4 aromatic rings. The smallest absolute Gasteiger partial charge is 0.277 e. The Bertz CT molecular complexity index is 1310. The molecule has 6 nitrogen and oxygen atoms in total. The van der Waals surface area contributed by atoms with E-state index in [4.69, 9.17) is 4.98 Å². The maximum atomic E-state index is 13.4. The number of nitrogens with one attached hydrogen (secondary N) is 1. The third-order valence-corrected chi connectivity index (χ3v) is 6.76. The van der Waals surface area contributed by atoms with E-state index in [2.05, 4.69) is 10.2 Å². The Hall–Kier alpha value is -3.45. The molecule has 3 heterocycles. The Labute approximate surface area is 190 Å². The van der Waals surface area contributed by atoms with Gasteiger partial charge in [-0.05, 0) is 55.5 Å². The number of amides is 1. The molecule has 0 radical (unpaired) electrons. The predicted octanol–water partition coefficient (Wildman–Crippen LogP) is 4.61. The van der Waals surface area contributed by atoms with Crippen LogP contribution in [0.1, 0.15) is 18.4 Å². The van der Waals surface area contributed by atoms with E-state index in [-0.39, 0.29) is 17.4 Å². The lowest BCUT2D eigenvalue weighted by Crippen LogP contribution is -2.43. The first kappa shape index (κ1) is 20.5. The van der Waals surface area contributed by atoms with Crippen LogP contribution in [0.2, 0.25) is 0 Å². The molecule has 0 spiro atoms. The summed E-state index contributed by atoms with van der Waals surface area (Å²) < 4.78 is 2.33. The number of piperidine rings is 1. The number of aromatic nitrogens is 2. The first-order valence-corrected chi connectivity index (χ1v) is 11.7. The molecule has 0 bridgehead atoms. The molecule has 2 aromatic carbocycles. The number of thiophene rings is 1. The van der Waals surface area contributed by atoms with Gasteiger partial charge < -0.3 is 10.2 Å². The van der Waals surface area contributed by atoms with Gasteiger partial charge in [0.25, 0.3) is 5.56 Å². The molecular formula is C25H24N4O2S. The summed E-state index contributed by atoms with van der Waals surface area (Å²) in [5, 5.41) is 4.92. The number of fused-ring (bicyclic) bond motifs is 1. The van der Waals surface area contributed by atoms with Gasteiger partial charge >= 0.3 is 0 Å². The van der Waals surface area contributed by atoms with E-state index in [1.165, 1.54) is 11.3 Å². The van der Waals surface area contributed by atoms with Crippen molar-refractivity contribution in [3.8, 4) is 5.69 Å². The highest BCUT2D eigenvalue weighted by molar-refractivity contribution is 7.17. The number of benzene rings is 2. The van der Waals surface area contributed by atoms with E-state index in [0.717, 1.165) is 36.3 Å². The highest BCUT2D eigenvalue weighted by atomic mass is 32.1. The van der Waals surface area contributed by atoms with Crippen LogP contribution in [0, 0.1) is 12.8 Å². The number of carbonyl (C=O) groups excluding carboxylic acids is 1. The van der Waals surface area contributed by atoms with Gasteiger partial charge in [0.2, 0.25) is 11.9 Å². The number of aryl methyl sites for hydroxylation is 1. The topological polar surface area (TPSA) is 67.2 Å². The third kappa shape index (κ3) is 3.91. The van der Waals surface area contributed by atoms with E-state index in [0.29, 0.717) is 22.7 Å². The Morgan fingerprint density at radius 2 is 1.88 bits per heavy atom. The monoisotopic (exact) mass is 444 g/mol. The minimum atomic E-state index is -0.175. The summed E-state index contributed by atoms with van der Waals surface area (Å²) in [5.74, 6) is 0.425. The molecule has 32 heavy (non-hydrogen) atoms. The van der Waals surface area contributed by atoms with Crippen LogP contribution in [0.4, 0.5) is 11.6 Å². The molecule has 0 unspecified atom stereocenters. The number of carbonyl (C=O) groups is 1. The summed E-state index contributed by atoms with van der Waals surface area (Å²) >= 11 is 1.41. The molecule has 5 rings (SSSR count). The maximum absolute atomic E-state index is 13.4. The van der Waals surface area contributed by atoms with Crippen LogP contribution in [-0.2, 0) is 4.79 Å². The first-order valence-electron chi connectivity index (χ1n) is 10.8. The standard InChI is InChI=1S/C25H24N4O2S/c1-17-9-11-20(12-10-17)29-24(31)22-21(13-15-32-22)27-25(29)28-14-5-6-18(16-28)23(30)26-19-7-3-2-4-8-19/h2-4,7-13,15,18H,5-6,14,16H2,1H3,(H,26,30)/t18-/m1/s1. The zero-order chi connectivity index (χ0) is 22.1. The van der Waals surface area contributed by atoms with Gasteiger partial charge in [-0.25, -0.2) is 9.55 Å². The second-order valence-corrected chi connectivity index (χ2v) is 9.08. The first-order chi connectivity index (χ1) is 15.6. The number of hydrogen-bond donors (Lipinski definition) is 1. The number of para-hydroxylation sites is 1. The molecular weight excluding hydrogens is 420 g/mol. The van der Waals surface area contributed by atoms with Crippen LogP contribution in [0.15, 0.2) is 70.8 Å². The number of rotatable bonds is 4. The van der Waals surface area contributed by atoms with Crippen molar-refractivity contribution >= 4 is 39.1 Å². The molecule has 1 aliphatic heterocycles. The Morgan fingerprint density at radius 1 is 1.09 bits per heavy atom. The van der Waals surface area contributed by atoms with Gasteiger partial charge in [0.05, 0.1) is 17.1 Å². The van der Waals surface area contributed by atoms with Gasteiger partial charge in [-0.2, -0.15) is 0 Å². The van der Waals surface area contributed by atoms with Crippen molar-refractivity contribution in [2.45, 2.75) is 19.8 Å². The van der Waals surface area contributed by atoms with Crippen LogP contribution in [0.25, 0.3) is 15.9 Å². The van der Waals surface area contributed by atoms with Gasteiger partial charge in [0, 0.05) is 18.8 Å². The van der Waals surface area contributed by atoms with Crippen molar-refractivity contribution in [1.29, 1.82) is 0 Å². The highest BCUT2D eigenvalue weighted by Crippen LogP contribution is 2.27. The molecule has 1 amide bonds. The molecule has 1 atom stereocenters. The molecule has 7 heteroatoms. The van der Waals surface area contributed by atoms with E-state index >= 15 is 0 Å². The lowest BCUT2D eigenvalue weighted by atomic mass is 9.97. The summed E-state index contributed by atoms with van der Waals surface area (Å²) in [6, 6.07) is 19.3. The fraction of sp³-hybridized carbons (Fsp3) is 0.240. The van der Waals surface area contributed by atoms with Crippen molar-refractivity contribution in [2.75, 3.05) is 23.3 Å². The van der Waals surface area contributed by atoms with Crippen molar-refractivity contribution < 1.29 is 4.79 Å². The van der Waals surface area contributed by atoms with Crippen molar-refractivity contribution in [3.05, 3.63) is 82.0 Å². The number of hydrogen-bond acceptors (Lipinski definition) is 5. The fourth-order valence-corrected chi connectivity index (χ4v) is 4.94. The fourth-order valence-electron chi connectivity index (χ4n) is 4.18. The van der Waals surface area contributed by atoms with E-state index < -0.39 is 0 Å². The van der Waals surface area contributed by atoms with Crippen LogP contribution >= 0.6 is 11.3 Å². The molecule has 162 valence electrons. The lowest BCUT2D eigenvalue weighted by molar-refractivity contribution is -0.120. The molecule has 0 aliphatic carbocycles. The zero-order valence-electron chi connectivity index (χ0n) is 17.8. The van der Waals surface area contributed by atoms with E-state index in [9.17, 15) is 9.59 Å². The average Bonchev–Trinajstić information content (AvgIpc) is 3.30. The quantitative estimate of drug-likeness (QED) is 0.499. The van der Waals surface area contributed by atoms with Crippen LogP contribution in [-0.4, -0.2) is 28.5 Å². The van der Waals surface area contributed by atoms with Gasteiger partial charge in [0.1, 0.15) is 4.70 Å². The third-order valence-electron chi connectivity index (χ3n) is 5.87. The maximum Gasteiger partial charge on any atom is 0.277 e. The van der Waals surface area contributed by atoms with Crippen molar-refractivity contribution in [1.82, 2.24) is 9.55 Å². The average molecular weight is 445 g/mol. The summed E-state index contributed by atoms with van der Waals surface area (Å²) in [4.78, 5) is 33.3. The SMILES string of the molecule is Cc1ccc(-n2c(N3CCC[C@@H](C(=O)Nc4ccccc4)C3)nc3ccsc3c2=O)cc1. The number of nitrogens with zero attached hydrogens (tertiary/aromatic N) is 3. The summed E-state index contributed by atoms with van der Waals surface area (Å²) in [6.45, 7) is 3.30. The summed E-state index contributed by atoms with van der Waals surface area (Å²) in [6.07, 6.45) is 1.67. The van der Waals surface area contributed by atoms with Crippen molar-refractivity contribution in [3.63, 3.8) is 0 Å². The van der Waals surface area contributed by atoms with Crippen LogP contribution in [0.5, 0.6) is 0 Å². The van der Waals surface area contributed by atoms with Gasteiger partial charge in [-0.15, -0.1) is 11.3 Å². The molecule has 1 saturated heterocycles. The Kier molecular flexibility index (Phi) is 5.49. The van der Waals surface area contributed by atoms with E-state index in [1.807, 2.05) is 73.0 Å². The minimum absolute atomic E-state index is 0.00162. The normalized spacial score (nSPS) is 16.3. The largest absolute Gasteiger partial charge is 0.341 e. The lowest BCUT2D eigenvalue weighted by Gasteiger charge is -2.34. The van der Waals surface area contributed by atoms with Gasteiger partial charge in [0.15, 0.2) is 0 Å². The van der Waals surface area contributed by atoms with Crippen LogP contribution in [0.3, 0.4) is 0 Å². The minimum Gasteiger partial charge on any atom is -0.341 e. The zero-order valence-corrected chi connectivity index (χ0v) is 18.6. The molecule has 1 aliphatic rings. The molecule has 2 aromatic heterocycles. The molecule has 0 saturated carbocycles. The molecule has 1 N–H and O–H groups in total. The second kappa shape index (κ2) is 8.59. The summed E-state index contributed by atoms with van der Waals surface area (Å²) in [5.41, 5.74) is 3.34. The predicted molar refractivity (Wildman–Crippen MR) is 130 cm³/mol. The van der Waals surface area contributed by atoms with E-state index in [1.54, 1.807) is 4.57 Å². The van der Waals surface area contributed by atoms with Gasteiger partial charge in [-0.1, -0.05) is 35.9 Å². The summed E-state index contributed by atoms with van der Waals surface area (Å²) in [7, 11) is 0. The Morgan fingerprint density at radius 3 is 2.66 bits per heavy atom. The van der Waals surface area contributed by atoms with Crippen LogP contribution < -0.4 is 15.8 Å². The highest BCUT2D eigenvalue weighted by Gasteiger charge is 2.29. The Balaban J connectivity index is 1.50. The van der Waals surface area contributed by atoms with Gasteiger partial charge in [-0.3, -0.25) is 9.59 Å². The second-order valence-electron chi connectivity index (χ2n) is 8.16.